The summed E-state index contributed by atoms with van der Waals surface area (Å²) in [6.45, 7) is 3.88. The highest BCUT2D eigenvalue weighted by Gasteiger charge is 2.45. The van der Waals surface area contributed by atoms with Crippen molar-refractivity contribution in [3.05, 3.63) is 47.7 Å². The molecule has 5 nitrogen and oxygen atoms in total. The second-order valence-electron chi connectivity index (χ2n) is 5.43. The molecular weight excluding hydrogens is 268 g/mol. The number of methoxy groups -OCH3 is 1. The van der Waals surface area contributed by atoms with Crippen molar-refractivity contribution in [2.45, 2.75) is 26.0 Å². The van der Waals surface area contributed by atoms with E-state index in [4.69, 9.17) is 4.74 Å². The van der Waals surface area contributed by atoms with E-state index in [0.717, 1.165) is 5.56 Å². The SMILES string of the molecule is CO[C@]1(Cc2ccccc2)NC(=O)/C(=C/C(C)C)NC1=O. The van der Waals surface area contributed by atoms with Crippen LogP contribution in [-0.4, -0.2) is 24.6 Å². The first-order valence-electron chi connectivity index (χ1n) is 6.92. The van der Waals surface area contributed by atoms with Gasteiger partial charge in [0.25, 0.3) is 11.8 Å². The summed E-state index contributed by atoms with van der Waals surface area (Å²) in [5.74, 6) is -0.531. The number of ether oxygens (including phenoxy) is 1. The highest BCUT2D eigenvalue weighted by Crippen LogP contribution is 2.20. The maximum absolute atomic E-state index is 12.4. The average molecular weight is 288 g/mol. The van der Waals surface area contributed by atoms with Gasteiger partial charge in [-0.25, -0.2) is 0 Å². The number of carbonyl (C=O) groups is 2. The predicted octanol–water partition coefficient (Wildman–Crippen LogP) is 1.36. The maximum Gasteiger partial charge on any atom is 0.278 e. The topological polar surface area (TPSA) is 67.4 Å². The summed E-state index contributed by atoms with van der Waals surface area (Å²) < 4.78 is 5.35. The molecule has 1 fully saturated rings. The van der Waals surface area contributed by atoms with E-state index in [9.17, 15) is 9.59 Å². The lowest BCUT2D eigenvalue weighted by Crippen LogP contribution is -2.66. The molecule has 112 valence electrons. The van der Waals surface area contributed by atoms with E-state index in [-0.39, 0.29) is 29.9 Å². The number of piperazine rings is 1. The zero-order valence-electron chi connectivity index (χ0n) is 12.5. The molecule has 5 heteroatoms. The first-order valence-corrected chi connectivity index (χ1v) is 6.92. The normalized spacial score (nSPS) is 24.1. The molecule has 1 aromatic rings. The van der Waals surface area contributed by atoms with Crippen LogP contribution in [0.25, 0.3) is 0 Å². The predicted molar refractivity (Wildman–Crippen MR) is 79.1 cm³/mol. The summed E-state index contributed by atoms with van der Waals surface area (Å²) in [5, 5.41) is 5.34. The summed E-state index contributed by atoms with van der Waals surface area (Å²) >= 11 is 0. The van der Waals surface area contributed by atoms with Gasteiger partial charge in [-0.05, 0) is 11.5 Å². The van der Waals surface area contributed by atoms with Crippen molar-refractivity contribution in [2.75, 3.05) is 7.11 Å². The third-order valence-electron chi connectivity index (χ3n) is 3.32. The number of hydrogen-bond donors (Lipinski definition) is 2. The van der Waals surface area contributed by atoms with E-state index in [0.29, 0.717) is 0 Å². The molecule has 0 bridgehead atoms. The molecule has 1 heterocycles. The highest BCUT2D eigenvalue weighted by atomic mass is 16.5. The van der Waals surface area contributed by atoms with E-state index in [1.54, 1.807) is 6.08 Å². The number of rotatable bonds is 4. The van der Waals surface area contributed by atoms with Crippen LogP contribution in [0.15, 0.2) is 42.1 Å². The number of amides is 2. The third-order valence-corrected chi connectivity index (χ3v) is 3.32. The molecule has 21 heavy (non-hydrogen) atoms. The molecule has 1 aliphatic rings. The minimum Gasteiger partial charge on any atom is -0.350 e. The molecule has 0 radical (unpaired) electrons. The Morgan fingerprint density at radius 1 is 1.24 bits per heavy atom. The minimum absolute atomic E-state index is 0.162. The van der Waals surface area contributed by atoms with Crippen LogP contribution in [0.5, 0.6) is 0 Å². The van der Waals surface area contributed by atoms with E-state index in [1.807, 2.05) is 44.2 Å². The second kappa shape index (κ2) is 6.10. The Morgan fingerprint density at radius 2 is 1.90 bits per heavy atom. The Hall–Kier alpha value is -2.14. The van der Waals surface area contributed by atoms with Crippen LogP contribution in [0.2, 0.25) is 0 Å². The smallest absolute Gasteiger partial charge is 0.278 e. The molecule has 0 unspecified atom stereocenters. The molecule has 2 N–H and O–H groups in total. The third kappa shape index (κ3) is 3.31. The van der Waals surface area contributed by atoms with Gasteiger partial charge in [-0.15, -0.1) is 0 Å². The van der Waals surface area contributed by atoms with Crippen LogP contribution >= 0.6 is 0 Å². The number of allylic oxidation sites excluding steroid dienone is 1. The largest absolute Gasteiger partial charge is 0.350 e. The van der Waals surface area contributed by atoms with E-state index < -0.39 is 5.72 Å². The number of carbonyl (C=O) groups excluding carboxylic acids is 2. The summed E-state index contributed by atoms with van der Waals surface area (Å²) in [6, 6.07) is 9.43. The molecule has 0 aliphatic carbocycles. The molecule has 1 aliphatic heterocycles. The first-order chi connectivity index (χ1) is 9.97. The lowest BCUT2D eigenvalue weighted by molar-refractivity contribution is -0.156. The Kier molecular flexibility index (Phi) is 4.43. The maximum atomic E-state index is 12.4. The van der Waals surface area contributed by atoms with Crippen molar-refractivity contribution in [1.29, 1.82) is 0 Å². The van der Waals surface area contributed by atoms with Gasteiger partial charge in [-0.1, -0.05) is 50.3 Å². The molecule has 1 saturated heterocycles. The van der Waals surface area contributed by atoms with Crippen molar-refractivity contribution in [2.24, 2.45) is 5.92 Å². The summed E-state index contributed by atoms with van der Waals surface area (Å²) in [4.78, 5) is 24.6. The van der Waals surface area contributed by atoms with Gasteiger partial charge in [-0.3, -0.25) is 9.59 Å². The van der Waals surface area contributed by atoms with Crippen molar-refractivity contribution in [3.63, 3.8) is 0 Å². The van der Waals surface area contributed by atoms with Gasteiger partial charge in [0, 0.05) is 13.5 Å². The van der Waals surface area contributed by atoms with E-state index in [2.05, 4.69) is 10.6 Å². The molecule has 1 atom stereocenters. The van der Waals surface area contributed by atoms with Gasteiger partial charge < -0.3 is 15.4 Å². The van der Waals surface area contributed by atoms with Crippen LogP contribution in [0.4, 0.5) is 0 Å². The van der Waals surface area contributed by atoms with Gasteiger partial charge >= 0.3 is 0 Å². The number of hydrogen-bond acceptors (Lipinski definition) is 3. The standard InChI is InChI=1S/C16H20N2O3/c1-11(2)9-13-14(19)18-16(21-3,15(20)17-13)10-12-7-5-4-6-8-12/h4-9,11H,10H2,1-3H3,(H,17,20)(H,18,19)/b13-9-/t16-/m0/s1. The quantitative estimate of drug-likeness (QED) is 0.822. The average Bonchev–Trinajstić information content (AvgIpc) is 2.45. The van der Waals surface area contributed by atoms with Crippen LogP contribution in [0.1, 0.15) is 19.4 Å². The fourth-order valence-electron chi connectivity index (χ4n) is 2.26. The molecule has 1 aromatic carbocycles. The Labute approximate surface area is 124 Å². The number of nitrogens with one attached hydrogen (secondary N) is 2. The van der Waals surface area contributed by atoms with Crippen LogP contribution in [0.3, 0.4) is 0 Å². The first kappa shape index (κ1) is 15.3. The summed E-state index contributed by atoms with van der Waals surface area (Å²) in [6.07, 6.45) is 1.99. The lowest BCUT2D eigenvalue weighted by Gasteiger charge is -2.36. The lowest BCUT2D eigenvalue weighted by atomic mass is 9.98. The highest BCUT2D eigenvalue weighted by molar-refractivity contribution is 6.06. The fraction of sp³-hybridized carbons (Fsp3) is 0.375. The molecule has 0 saturated carbocycles. The summed E-state index contributed by atoms with van der Waals surface area (Å²) in [5.41, 5.74) is -0.186. The molecule has 0 aromatic heterocycles. The van der Waals surface area contributed by atoms with Crippen molar-refractivity contribution < 1.29 is 14.3 Å². The number of benzene rings is 1. The zero-order valence-corrected chi connectivity index (χ0v) is 12.5. The molecular formula is C16H20N2O3. The monoisotopic (exact) mass is 288 g/mol. The van der Waals surface area contributed by atoms with Crippen molar-refractivity contribution in [3.8, 4) is 0 Å². The second-order valence-corrected chi connectivity index (χ2v) is 5.43. The Morgan fingerprint density at radius 3 is 2.48 bits per heavy atom. The van der Waals surface area contributed by atoms with E-state index in [1.165, 1.54) is 7.11 Å². The van der Waals surface area contributed by atoms with Gasteiger partial charge in [0.2, 0.25) is 5.72 Å². The molecule has 2 rings (SSSR count). The Bertz CT molecular complexity index is 566. The zero-order chi connectivity index (χ0) is 15.5. The van der Waals surface area contributed by atoms with Crippen molar-refractivity contribution >= 4 is 11.8 Å². The molecule has 0 spiro atoms. The van der Waals surface area contributed by atoms with Gasteiger partial charge in [0.05, 0.1) is 0 Å². The van der Waals surface area contributed by atoms with Crippen LogP contribution in [-0.2, 0) is 20.7 Å². The van der Waals surface area contributed by atoms with Crippen LogP contribution in [0, 0.1) is 5.92 Å². The van der Waals surface area contributed by atoms with Crippen LogP contribution < -0.4 is 10.6 Å². The Balaban J connectivity index is 2.25. The molecule has 2 amide bonds. The van der Waals surface area contributed by atoms with Gasteiger partial charge in [0.15, 0.2) is 0 Å². The van der Waals surface area contributed by atoms with Crippen molar-refractivity contribution in [1.82, 2.24) is 10.6 Å². The minimum atomic E-state index is -1.37. The van der Waals surface area contributed by atoms with Gasteiger partial charge in [-0.2, -0.15) is 0 Å². The van der Waals surface area contributed by atoms with E-state index >= 15 is 0 Å². The summed E-state index contributed by atoms with van der Waals surface area (Å²) in [7, 11) is 1.42. The fourth-order valence-corrected chi connectivity index (χ4v) is 2.26. The van der Waals surface area contributed by atoms with Gasteiger partial charge in [0.1, 0.15) is 5.70 Å².